The average molecular weight is 432 g/mol. The van der Waals surface area contributed by atoms with Gasteiger partial charge in [0.1, 0.15) is 5.84 Å². The summed E-state index contributed by atoms with van der Waals surface area (Å²) >= 11 is 3.36. The maximum absolute atomic E-state index is 7.01. The van der Waals surface area contributed by atoms with Gasteiger partial charge in [-0.1, -0.05) is 96.0 Å². The number of amidine groups is 1. The second-order valence-corrected chi connectivity index (χ2v) is 6.06. The molecule has 2 aromatic rings. The first kappa shape index (κ1) is 27.1. The summed E-state index contributed by atoms with van der Waals surface area (Å²) in [5, 5.41) is 7.01. The van der Waals surface area contributed by atoms with Gasteiger partial charge in [0.05, 0.1) is 0 Å². The van der Waals surface area contributed by atoms with Crippen LogP contribution in [0.15, 0.2) is 82.9 Å². The van der Waals surface area contributed by atoms with Crippen LogP contribution in [-0.2, 0) is 0 Å². The number of rotatable bonds is 3. The molecule has 148 valence electrons. The number of allylic oxidation sites excluding steroid dienone is 2. The molecule has 5 N–H and O–H groups in total. The number of hydrogen-bond acceptors (Lipinski definition) is 2. The third kappa shape index (κ3) is 15.8. The molecule has 0 heterocycles. The van der Waals surface area contributed by atoms with Crippen molar-refractivity contribution in [1.29, 1.82) is 5.41 Å². The molecule has 0 aliphatic heterocycles. The Balaban J connectivity index is 0. The van der Waals surface area contributed by atoms with Crippen LogP contribution >= 0.6 is 15.9 Å². The summed E-state index contributed by atoms with van der Waals surface area (Å²) < 4.78 is 1.15. The number of halogens is 1. The molecule has 27 heavy (non-hydrogen) atoms. The van der Waals surface area contributed by atoms with Gasteiger partial charge < -0.3 is 11.5 Å². The van der Waals surface area contributed by atoms with Gasteiger partial charge in [0, 0.05) is 16.6 Å². The lowest BCUT2D eigenvalue weighted by Crippen LogP contribution is -2.10. The first-order valence-corrected chi connectivity index (χ1v) is 9.83. The molecule has 2 aromatic carbocycles. The second kappa shape index (κ2) is 18.6. The first-order valence-electron chi connectivity index (χ1n) is 9.04. The summed E-state index contributed by atoms with van der Waals surface area (Å²) in [6.07, 6.45) is 6.02. The number of nitrogens with one attached hydrogen (secondary N) is 1. The highest BCUT2D eigenvalue weighted by Gasteiger charge is 1.89. The molecule has 0 unspecified atom stereocenters. The Morgan fingerprint density at radius 3 is 1.89 bits per heavy atom. The molecule has 0 atom stereocenters. The molecule has 3 nitrogen and oxygen atoms in total. The fourth-order valence-electron chi connectivity index (χ4n) is 1.72. The summed E-state index contributed by atoms with van der Waals surface area (Å²) in [6.45, 7) is 10.7. The molecular weight excluding hydrogens is 398 g/mol. The molecule has 0 aromatic heterocycles. The van der Waals surface area contributed by atoms with E-state index in [0.717, 1.165) is 10.0 Å². The van der Waals surface area contributed by atoms with E-state index in [2.05, 4.69) is 35.0 Å². The lowest BCUT2D eigenvalue weighted by atomic mass is 10.2. The van der Waals surface area contributed by atoms with Crippen molar-refractivity contribution in [3.8, 4) is 0 Å². The standard InChI is InChI=1S/C7H7Br.C7H8N2.C7H13N.C2H6/c1-6-3-2-4-7(8)5-6;8-7(9)6-4-2-1-3-5-6;1-3-5-7(4-2)6-8;1-2/h2-5H,1H3;1-5H,(H3,8,9);3-5H,6,8H2,1-2H3;1-2H3/b;;5-3-,7-4+;. The van der Waals surface area contributed by atoms with Gasteiger partial charge in [-0.2, -0.15) is 0 Å². The quantitative estimate of drug-likeness (QED) is 0.306. The predicted molar refractivity (Wildman–Crippen MR) is 125 cm³/mol. The first-order chi connectivity index (χ1) is 12.9. The second-order valence-electron chi connectivity index (χ2n) is 5.15. The van der Waals surface area contributed by atoms with E-state index in [4.69, 9.17) is 16.9 Å². The molecule has 0 fully saturated rings. The Kier molecular flexibility index (Phi) is 18.7. The Labute approximate surface area is 173 Å². The van der Waals surface area contributed by atoms with Crippen molar-refractivity contribution in [1.82, 2.24) is 0 Å². The van der Waals surface area contributed by atoms with E-state index in [1.165, 1.54) is 11.1 Å². The van der Waals surface area contributed by atoms with Crippen molar-refractivity contribution in [3.05, 3.63) is 94.0 Å². The molecule has 4 heteroatoms. The van der Waals surface area contributed by atoms with Crippen LogP contribution in [0.25, 0.3) is 0 Å². The minimum atomic E-state index is 0.121. The van der Waals surface area contributed by atoms with Crippen molar-refractivity contribution in [3.63, 3.8) is 0 Å². The Bertz CT molecular complexity index is 657. The highest BCUT2D eigenvalue weighted by Crippen LogP contribution is 2.09. The number of hydrogen-bond donors (Lipinski definition) is 3. The molecule has 0 aliphatic rings. The largest absolute Gasteiger partial charge is 0.384 e. The van der Waals surface area contributed by atoms with Gasteiger partial charge >= 0.3 is 0 Å². The van der Waals surface area contributed by atoms with Crippen molar-refractivity contribution in [2.45, 2.75) is 34.6 Å². The van der Waals surface area contributed by atoms with Gasteiger partial charge in [-0.25, -0.2) is 0 Å². The fraction of sp³-hybridized carbons (Fsp3) is 0.261. The maximum Gasteiger partial charge on any atom is 0.122 e. The van der Waals surface area contributed by atoms with Crippen molar-refractivity contribution < 1.29 is 0 Å². The van der Waals surface area contributed by atoms with Crippen molar-refractivity contribution in [2.24, 2.45) is 11.5 Å². The van der Waals surface area contributed by atoms with Crippen LogP contribution in [0, 0.1) is 12.3 Å². The Hall–Kier alpha value is -2.17. The van der Waals surface area contributed by atoms with E-state index in [1.54, 1.807) is 0 Å². The number of benzene rings is 2. The molecule has 0 saturated carbocycles. The molecule has 0 bridgehead atoms. The summed E-state index contributed by atoms with van der Waals surface area (Å²) in [5.74, 6) is 0.121. The zero-order chi connectivity index (χ0) is 21.1. The van der Waals surface area contributed by atoms with E-state index < -0.39 is 0 Å². The molecule has 2 rings (SSSR count). The van der Waals surface area contributed by atoms with Gasteiger partial charge in [0.25, 0.3) is 0 Å². The van der Waals surface area contributed by atoms with E-state index in [9.17, 15) is 0 Å². The third-order valence-electron chi connectivity index (χ3n) is 3.05. The Morgan fingerprint density at radius 1 is 1.04 bits per heavy atom. The molecule has 0 amide bonds. The summed E-state index contributed by atoms with van der Waals surface area (Å²) in [7, 11) is 0. The average Bonchev–Trinajstić information content (AvgIpc) is 2.69. The summed E-state index contributed by atoms with van der Waals surface area (Å²) in [6, 6.07) is 17.4. The highest BCUT2D eigenvalue weighted by atomic mass is 79.9. The third-order valence-corrected chi connectivity index (χ3v) is 3.55. The van der Waals surface area contributed by atoms with E-state index in [-0.39, 0.29) is 5.84 Å². The van der Waals surface area contributed by atoms with Crippen LogP contribution in [0.5, 0.6) is 0 Å². The molecular formula is C23H34BrN3. The predicted octanol–water partition coefficient (Wildman–Crippen LogP) is 6.22. The monoisotopic (exact) mass is 431 g/mol. The van der Waals surface area contributed by atoms with Gasteiger partial charge in [-0.3, -0.25) is 5.41 Å². The van der Waals surface area contributed by atoms with Gasteiger partial charge in [0.15, 0.2) is 0 Å². The number of nitrogens with two attached hydrogens (primary N) is 2. The lowest BCUT2D eigenvalue weighted by Gasteiger charge is -1.93. The zero-order valence-electron chi connectivity index (χ0n) is 17.2. The SMILES string of the molecule is C/C=C\C(=C/C)CN.CC.Cc1cccc(Br)c1.N=C(N)c1ccccc1. The maximum atomic E-state index is 7.01. The number of aryl methyl sites for hydroxylation is 1. The minimum Gasteiger partial charge on any atom is -0.384 e. The van der Waals surface area contributed by atoms with Crippen LogP contribution in [-0.4, -0.2) is 12.4 Å². The summed E-state index contributed by atoms with van der Waals surface area (Å²) in [5.41, 5.74) is 13.8. The number of nitrogen functional groups attached to an aromatic ring is 1. The minimum absolute atomic E-state index is 0.121. The van der Waals surface area contributed by atoms with Crippen LogP contribution < -0.4 is 11.5 Å². The lowest BCUT2D eigenvalue weighted by molar-refractivity contribution is 1.18. The molecule has 0 saturated heterocycles. The van der Waals surface area contributed by atoms with Crippen molar-refractivity contribution >= 4 is 21.8 Å². The normalized spacial score (nSPS) is 9.81. The van der Waals surface area contributed by atoms with Crippen LogP contribution in [0.4, 0.5) is 0 Å². The zero-order valence-corrected chi connectivity index (χ0v) is 18.8. The van der Waals surface area contributed by atoms with E-state index in [1.807, 2.05) is 88.4 Å². The smallest absolute Gasteiger partial charge is 0.122 e. The summed E-state index contributed by atoms with van der Waals surface area (Å²) in [4.78, 5) is 0. The van der Waals surface area contributed by atoms with Gasteiger partial charge in [-0.05, 0) is 38.5 Å². The Morgan fingerprint density at radius 2 is 1.63 bits per heavy atom. The van der Waals surface area contributed by atoms with E-state index >= 15 is 0 Å². The topological polar surface area (TPSA) is 75.9 Å². The van der Waals surface area contributed by atoms with Crippen LogP contribution in [0.1, 0.15) is 38.8 Å². The molecule has 0 aliphatic carbocycles. The van der Waals surface area contributed by atoms with Crippen LogP contribution in [0.2, 0.25) is 0 Å². The molecule has 0 radical (unpaired) electrons. The van der Waals surface area contributed by atoms with Gasteiger partial charge in [0.2, 0.25) is 0 Å². The highest BCUT2D eigenvalue weighted by molar-refractivity contribution is 9.10. The molecule has 0 spiro atoms. The fourth-order valence-corrected chi connectivity index (χ4v) is 2.23. The van der Waals surface area contributed by atoms with E-state index in [0.29, 0.717) is 6.54 Å². The van der Waals surface area contributed by atoms with Crippen molar-refractivity contribution in [2.75, 3.05) is 6.54 Å². The van der Waals surface area contributed by atoms with Gasteiger partial charge in [-0.15, -0.1) is 0 Å². The van der Waals surface area contributed by atoms with Crippen LogP contribution in [0.3, 0.4) is 0 Å².